The summed E-state index contributed by atoms with van der Waals surface area (Å²) in [5.41, 5.74) is 2.51. The third-order valence-electron chi connectivity index (χ3n) is 1.97. The zero-order chi connectivity index (χ0) is 9.84. The van der Waals surface area contributed by atoms with Gasteiger partial charge in [-0.05, 0) is 25.0 Å². The van der Waals surface area contributed by atoms with Crippen LogP contribution in [0.3, 0.4) is 0 Å². The molecule has 1 nitrogen and oxygen atoms in total. The van der Waals surface area contributed by atoms with Crippen molar-refractivity contribution in [2.75, 3.05) is 0 Å². The van der Waals surface area contributed by atoms with Crippen molar-refractivity contribution in [2.24, 2.45) is 0 Å². The van der Waals surface area contributed by atoms with Gasteiger partial charge in [-0.25, -0.2) is 0 Å². The molecule has 0 spiro atoms. The molecular formula is C11H14OS. The molecule has 13 heavy (non-hydrogen) atoms. The number of benzene rings is 1. The Morgan fingerprint density at radius 3 is 2.54 bits per heavy atom. The SMILES string of the molecule is CC(=O)SC(C)c1ccccc1C. The molecule has 0 aliphatic heterocycles. The van der Waals surface area contributed by atoms with E-state index in [0.717, 1.165) is 0 Å². The maximum Gasteiger partial charge on any atom is 0.186 e. The van der Waals surface area contributed by atoms with Crippen LogP contribution in [0.4, 0.5) is 0 Å². The van der Waals surface area contributed by atoms with Crippen molar-refractivity contribution in [3.63, 3.8) is 0 Å². The molecular weight excluding hydrogens is 180 g/mol. The lowest BCUT2D eigenvalue weighted by molar-refractivity contribution is -0.109. The Balaban J connectivity index is 2.82. The van der Waals surface area contributed by atoms with Gasteiger partial charge in [-0.15, -0.1) is 0 Å². The number of thioether (sulfide) groups is 1. The van der Waals surface area contributed by atoms with Crippen LogP contribution in [0, 0.1) is 6.92 Å². The Labute approximate surface area is 83.5 Å². The third kappa shape index (κ3) is 2.88. The molecule has 0 aromatic heterocycles. The van der Waals surface area contributed by atoms with Crippen LogP contribution in [0.2, 0.25) is 0 Å². The highest BCUT2D eigenvalue weighted by Gasteiger charge is 2.09. The molecule has 0 saturated carbocycles. The third-order valence-corrected chi connectivity index (χ3v) is 2.91. The second-order valence-electron chi connectivity index (χ2n) is 3.11. The van der Waals surface area contributed by atoms with E-state index < -0.39 is 0 Å². The van der Waals surface area contributed by atoms with Crippen LogP contribution < -0.4 is 0 Å². The van der Waals surface area contributed by atoms with Gasteiger partial charge >= 0.3 is 0 Å². The maximum atomic E-state index is 10.9. The highest BCUT2D eigenvalue weighted by molar-refractivity contribution is 8.13. The van der Waals surface area contributed by atoms with Crippen LogP contribution in [0.25, 0.3) is 0 Å². The molecule has 0 aliphatic carbocycles. The van der Waals surface area contributed by atoms with E-state index >= 15 is 0 Å². The van der Waals surface area contributed by atoms with Crippen molar-refractivity contribution >= 4 is 16.9 Å². The van der Waals surface area contributed by atoms with Crippen molar-refractivity contribution in [3.8, 4) is 0 Å². The molecule has 0 radical (unpaired) electrons. The topological polar surface area (TPSA) is 17.1 Å². The van der Waals surface area contributed by atoms with Gasteiger partial charge in [0.15, 0.2) is 5.12 Å². The molecule has 1 atom stereocenters. The summed E-state index contributed by atoms with van der Waals surface area (Å²) in [4.78, 5) is 10.9. The lowest BCUT2D eigenvalue weighted by Gasteiger charge is -2.11. The van der Waals surface area contributed by atoms with Gasteiger partial charge in [0, 0.05) is 12.2 Å². The quantitative estimate of drug-likeness (QED) is 0.718. The van der Waals surface area contributed by atoms with Crippen LogP contribution >= 0.6 is 11.8 Å². The Hall–Kier alpha value is -0.760. The summed E-state index contributed by atoms with van der Waals surface area (Å²) in [6, 6.07) is 8.19. The summed E-state index contributed by atoms with van der Waals surface area (Å²) >= 11 is 1.38. The first kappa shape index (κ1) is 10.3. The van der Waals surface area contributed by atoms with E-state index in [0.29, 0.717) is 0 Å². The molecule has 1 rings (SSSR count). The number of carbonyl (C=O) groups is 1. The van der Waals surface area contributed by atoms with E-state index in [1.807, 2.05) is 12.1 Å². The number of hydrogen-bond acceptors (Lipinski definition) is 2. The summed E-state index contributed by atoms with van der Waals surface area (Å²) < 4.78 is 0. The highest BCUT2D eigenvalue weighted by atomic mass is 32.2. The van der Waals surface area contributed by atoms with Crippen molar-refractivity contribution in [3.05, 3.63) is 35.4 Å². The van der Waals surface area contributed by atoms with Gasteiger partial charge in [-0.1, -0.05) is 36.0 Å². The number of hydrogen-bond donors (Lipinski definition) is 0. The molecule has 0 amide bonds. The van der Waals surface area contributed by atoms with E-state index in [1.165, 1.54) is 22.9 Å². The minimum atomic E-state index is 0.177. The van der Waals surface area contributed by atoms with E-state index in [1.54, 1.807) is 6.92 Å². The fourth-order valence-corrected chi connectivity index (χ4v) is 2.24. The van der Waals surface area contributed by atoms with Crippen LogP contribution in [-0.2, 0) is 4.79 Å². The fourth-order valence-electron chi connectivity index (χ4n) is 1.36. The Kier molecular flexibility index (Phi) is 3.55. The van der Waals surface area contributed by atoms with Crippen molar-refractivity contribution < 1.29 is 4.79 Å². The lowest BCUT2D eigenvalue weighted by atomic mass is 10.1. The summed E-state index contributed by atoms with van der Waals surface area (Å²) in [5.74, 6) is 0. The molecule has 70 valence electrons. The molecule has 2 heteroatoms. The lowest BCUT2D eigenvalue weighted by Crippen LogP contribution is -1.94. The Morgan fingerprint density at radius 1 is 1.38 bits per heavy atom. The molecule has 0 bridgehead atoms. The normalized spacial score (nSPS) is 12.5. The van der Waals surface area contributed by atoms with E-state index in [2.05, 4.69) is 26.0 Å². The molecule has 0 saturated heterocycles. The standard InChI is InChI=1S/C11H14OS/c1-8-6-4-5-7-11(8)9(2)13-10(3)12/h4-7,9H,1-3H3. The maximum absolute atomic E-state index is 10.9. The number of rotatable bonds is 2. The van der Waals surface area contributed by atoms with Gasteiger partial charge in [0.1, 0.15) is 0 Å². The predicted octanol–water partition coefficient (Wildman–Crippen LogP) is 3.34. The molecule has 0 heterocycles. The predicted molar refractivity (Wildman–Crippen MR) is 57.9 cm³/mol. The average molecular weight is 194 g/mol. The molecule has 1 unspecified atom stereocenters. The minimum absolute atomic E-state index is 0.177. The summed E-state index contributed by atoms with van der Waals surface area (Å²) in [6.45, 7) is 5.75. The molecule has 0 aliphatic rings. The second-order valence-corrected chi connectivity index (χ2v) is 4.63. The van der Waals surface area contributed by atoms with Crippen molar-refractivity contribution in [1.82, 2.24) is 0 Å². The van der Waals surface area contributed by atoms with Gasteiger partial charge in [-0.3, -0.25) is 4.79 Å². The average Bonchev–Trinajstić information content (AvgIpc) is 2.03. The van der Waals surface area contributed by atoms with Crippen LogP contribution in [-0.4, -0.2) is 5.12 Å². The summed E-state index contributed by atoms with van der Waals surface area (Å²) in [7, 11) is 0. The summed E-state index contributed by atoms with van der Waals surface area (Å²) in [5, 5.41) is 0.439. The van der Waals surface area contributed by atoms with Crippen LogP contribution in [0.15, 0.2) is 24.3 Å². The highest BCUT2D eigenvalue weighted by Crippen LogP contribution is 2.30. The van der Waals surface area contributed by atoms with Gasteiger partial charge in [0.25, 0.3) is 0 Å². The zero-order valence-electron chi connectivity index (χ0n) is 8.20. The number of carbonyl (C=O) groups excluding carboxylic acids is 1. The first-order valence-corrected chi connectivity index (χ1v) is 5.22. The van der Waals surface area contributed by atoms with Crippen LogP contribution in [0.1, 0.15) is 30.2 Å². The monoisotopic (exact) mass is 194 g/mol. The van der Waals surface area contributed by atoms with E-state index in [4.69, 9.17) is 0 Å². The largest absolute Gasteiger partial charge is 0.288 e. The van der Waals surface area contributed by atoms with Gasteiger partial charge in [0.05, 0.1) is 0 Å². The van der Waals surface area contributed by atoms with Crippen LogP contribution in [0.5, 0.6) is 0 Å². The Bertz CT molecular complexity index is 307. The first-order valence-electron chi connectivity index (χ1n) is 4.34. The van der Waals surface area contributed by atoms with Gasteiger partial charge < -0.3 is 0 Å². The molecule has 0 N–H and O–H groups in total. The second kappa shape index (κ2) is 4.47. The van der Waals surface area contributed by atoms with E-state index in [9.17, 15) is 4.79 Å². The van der Waals surface area contributed by atoms with Crippen molar-refractivity contribution in [1.29, 1.82) is 0 Å². The number of aryl methyl sites for hydroxylation is 1. The Morgan fingerprint density at radius 2 is 2.00 bits per heavy atom. The minimum Gasteiger partial charge on any atom is -0.288 e. The summed E-state index contributed by atoms with van der Waals surface area (Å²) in [6.07, 6.45) is 0. The first-order chi connectivity index (χ1) is 6.11. The van der Waals surface area contributed by atoms with Gasteiger partial charge in [-0.2, -0.15) is 0 Å². The van der Waals surface area contributed by atoms with Gasteiger partial charge in [0.2, 0.25) is 0 Å². The molecule has 1 aromatic carbocycles. The van der Waals surface area contributed by atoms with E-state index in [-0.39, 0.29) is 10.4 Å². The molecule has 1 aromatic rings. The molecule has 0 fully saturated rings. The smallest absolute Gasteiger partial charge is 0.186 e. The van der Waals surface area contributed by atoms with Crippen molar-refractivity contribution in [2.45, 2.75) is 26.0 Å². The zero-order valence-corrected chi connectivity index (χ0v) is 9.02. The fraction of sp³-hybridized carbons (Fsp3) is 0.364.